The lowest BCUT2D eigenvalue weighted by molar-refractivity contribution is -0.385. The van der Waals surface area contributed by atoms with Crippen molar-refractivity contribution < 1.29 is 18.9 Å². The van der Waals surface area contributed by atoms with Crippen molar-refractivity contribution in [1.29, 1.82) is 0 Å². The number of thiophene rings is 1. The van der Waals surface area contributed by atoms with Crippen molar-refractivity contribution in [1.82, 2.24) is 5.32 Å². The molecule has 0 bridgehead atoms. The Morgan fingerprint density at radius 3 is 2.27 bits per heavy atom. The lowest BCUT2D eigenvalue weighted by atomic mass is 10.1. The van der Waals surface area contributed by atoms with Crippen molar-refractivity contribution in [3.63, 3.8) is 0 Å². The van der Waals surface area contributed by atoms with E-state index in [4.69, 9.17) is 0 Å². The molecule has 3 aromatic rings. The SMILES string of the molecule is Cc1sc(C(=O)NC(C)c2ccc(NC(=O)c3ccc(F)cc3)cc2)cc1[N+](=O)[O-]. The average molecular weight is 427 g/mol. The predicted molar refractivity (Wildman–Crippen MR) is 112 cm³/mol. The fourth-order valence-electron chi connectivity index (χ4n) is 2.78. The largest absolute Gasteiger partial charge is 0.345 e. The number of hydrogen-bond donors (Lipinski definition) is 2. The second-order valence-electron chi connectivity index (χ2n) is 6.59. The lowest BCUT2D eigenvalue weighted by Crippen LogP contribution is -2.25. The summed E-state index contributed by atoms with van der Waals surface area (Å²) >= 11 is 1.07. The van der Waals surface area contributed by atoms with E-state index in [1.165, 1.54) is 30.3 Å². The van der Waals surface area contributed by atoms with Crippen LogP contribution in [0.3, 0.4) is 0 Å². The molecule has 1 heterocycles. The fraction of sp³-hybridized carbons (Fsp3) is 0.143. The molecule has 0 saturated carbocycles. The van der Waals surface area contributed by atoms with E-state index in [0.29, 0.717) is 16.1 Å². The Hall–Kier alpha value is -3.59. The summed E-state index contributed by atoms with van der Waals surface area (Å²) in [5.74, 6) is -1.17. The van der Waals surface area contributed by atoms with Crippen LogP contribution in [-0.4, -0.2) is 16.7 Å². The highest BCUT2D eigenvalue weighted by molar-refractivity contribution is 7.14. The first-order chi connectivity index (χ1) is 14.2. The molecule has 0 radical (unpaired) electrons. The molecule has 30 heavy (non-hydrogen) atoms. The Labute approximate surface area is 175 Å². The quantitative estimate of drug-likeness (QED) is 0.434. The summed E-state index contributed by atoms with van der Waals surface area (Å²) in [7, 11) is 0. The third kappa shape index (κ3) is 4.87. The maximum absolute atomic E-state index is 13.0. The molecule has 0 aliphatic heterocycles. The smallest absolute Gasteiger partial charge is 0.283 e. The number of nitro groups is 1. The van der Waals surface area contributed by atoms with Crippen molar-refractivity contribution in [2.75, 3.05) is 5.32 Å². The number of anilines is 1. The molecule has 154 valence electrons. The Balaban J connectivity index is 1.63. The van der Waals surface area contributed by atoms with Crippen LogP contribution < -0.4 is 10.6 Å². The van der Waals surface area contributed by atoms with Gasteiger partial charge in [0.25, 0.3) is 17.5 Å². The highest BCUT2D eigenvalue weighted by atomic mass is 32.1. The van der Waals surface area contributed by atoms with Crippen LogP contribution in [0.25, 0.3) is 0 Å². The molecule has 1 unspecified atom stereocenters. The Morgan fingerprint density at radius 1 is 1.07 bits per heavy atom. The van der Waals surface area contributed by atoms with Crippen LogP contribution in [0.1, 0.15) is 43.4 Å². The van der Waals surface area contributed by atoms with Gasteiger partial charge >= 0.3 is 0 Å². The predicted octanol–water partition coefficient (Wildman–Crippen LogP) is 4.85. The van der Waals surface area contributed by atoms with Crippen molar-refractivity contribution >= 4 is 34.5 Å². The fourth-order valence-corrected chi connectivity index (χ4v) is 3.67. The van der Waals surface area contributed by atoms with Gasteiger partial charge in [0.2, 0.25) is 0 Å². The second-order valence-corrected chi connectivity index (χ2v) is 7.84. The Morgan fingerprint density at radius 2 is 1.70 bits per heavy atom. The second kappa shape index (κ2) is 8.83. The van der Waals surface area contributed by atoms with E-state index in [1.807, 2.05) is 0 Å². The summed E-state index contributed by atoms with van der Waals surface area (Å²) < 4.78 is 13.0. The van der Waals surface area contributed by atoms with E-state index in [-0.39, 0.29) is 22.5 Å². The first kappa shape index (κ1) is 21.1. The Bertz CT molecular complexity index is 1090. The van der Waals surface area contributed by atoms with Crippen LogP contribution >= 0.6 is 11.3 Å². The van der Waals surface area contributed by atoms with Crippen LogP contribution in [-0.2, 0) is 0 Å². The van der Waals surface area contributed by atoms with Gasteiger partial charge in [-0.3, -0.25) is 19.7 Å². The first-order valence-electron chi connectivity index (χ1n) is 8.97. The zero-order valence-electron chi connectivity index (χ0n) is 16.1. The zero-order chi connectivity index (χ0) is 21.8. The molecule has 0 spiro atoms. The van der Waals surface area contributed by atoms with Gasteiger partial charge in [0, 0.05) is 17.3 Å². The third-order valence-electron chi connectivity index (χ3n) is 4.43. The number of aryl methyl sites for hydroxylation is 1. The van der Waals surface area contributed by atoms with E-state index in [2.05, 4.69) is 10.6 Å². The van der Waals surface area contributed by atoms with Crippen LogP contribution in [0.2, 0.25) is 0 Å². The van der Waals surface area contributed by atoms with Gasteiger partial charge in [-0.25, -0.2) is 4.39 Å². The summed E-state index contributed by atoms with van der Waals surface area (Å²) in [5, 5.41) is 16.5. The van der Waals surface area contributed by atoms with Gasteiger partial charge in [0.1, 0.15) is 5.82 Å². The van der Waals surface area contributed by atoms with Crippen LogP contribution in [0.15, 0.2) is 54.6 Å². The standard InChI is InChI=1S/C21H18FN3O4S/c1-12(23-21(27)19-11-18(25(28)29)13(2)30-19)14-5-9-17(10-6-14)24-20(26)15-3-7-16(22)8-4-15/h3-12H,1-2H3,(H,23,27)(H,24,26). The molecule has 0 aliphatic rings. The minimum atomic E-state index is -0.509. The normalized spacial score (nSPS) is 11.6. The molecule has 2 amide bonds. The molecular weight excluding hydrogens is 409 g/mol. The molecule has 0 aliphatic carbocycles. The molecule has 0 fully saturated rings. The average Bonchev–Trinajstić information content (AvgIpc) is 3.11. The van der Waals surface area contributed by atoms with Gasteiger partial charge < -0.3 is 10.6 Å². The van der Waals surface area contributed by atoms with E-state index in [0.717, 1.165) is 16.9 Å². The molecule has 9 heteroatoms. The minimum Gasteiger partial charge on any atom is -0.345 e. The molecule has 2 N–H and O–H groups in total. The van der Waals surface area contributed by atoms with Crippen LogP contribution in [0, 0.1) is 22.9 Å². The van der Waals surface area contributed by atoms with Gasteiger partial charge in [-0.15, -0.1) is 11.3 Å². The number of halogens is 1. The van der Waals surface area contributed by atoms with Gasteiger partial charge in [-0.2, -0.15) is 0 Å². The number of nitrogens with one attached hydrogen (secondary N) is 2. The Kier molecular flexibility index (Phi) is 6.22. The van der Waals surface area contributed by atoms with E-state index in [1.54, 1.807) is 38.1 Å². The first-order valence-corrected chi connectivity index (χ1v) is 9.79. The van der Waals surface area contributed by atoms with Crippen molar-refractivity contribution in [2.24, 2.45) is 0 Å². The van der Waals surface area contributed by atoms with Gasteiger partial charge in [-0.1, -0.05) is 12.1 Å². The highest BCUT2D eigenvalue weighted by Gasteiger charge is 2.20. The molecule has 1 atom stereocenters. The maximum Gasteiger partial charge on any atom is 0.283 e. The molecule has 7 nitrogen and oxygen atoms in total. The number of nitrogens with zero attached hydrogens (tertiary/aromatic N) is 1. The number of amides is 2. The summed E-state index contributed by atoms with van der Waals surface area (Å²) in [6.07, 6.45) is 0. The van der Waals surface area contributed by atoms with E-state index >= 15 is 0 Å². The van der Waals surface area contributed by atoms with Gasteiger partial charge in [0.05, 0.1) is 20.7 Å². The summed E-state index contributed by atoms with van der Waals surface area (Å²) in [6, 6.07) is 13.1. The van der Waals surface area contributed by atoms with E-state index < -0.39 is 16.6 Å². The number of hydrogen-bond acceptors (Lipinski definition) is 5. The number of carbonyl (C=O) groups is 2. The number of benzene rings is 2. The number of rotatable bonds is 6. The topological polar surface area (TPSA) is 101 Å². The van der Waals surface area contributed by atoms with Gasteiger partial charge in [0.15, 0.2) is 0 Å². The molecule has 1 aromatic heterocycles. The van der Waals surface area contributed by atoms with E-state index in [9.17, 15) is 24.1 Å². The molecular formula is C21H18FN3O4S. The summed E-state index contributed by atoms with van der Waals surface area (Å²) in [4.78, 5) is 35.8. The summed E-state index contributed by atoms with van der Waals surface area (Å²) in [6.45, 7) is 3.39. The zero-order valence-corrected chi connectivity index (χ0v) is 17.0. The number of carbonyl (C=O) groups excluding carboxylic acids is 2. The summed E-state index contributed by atoms with van der Waals surface area (Å²) in [5.41, 5.74) is 1.61. The van der Waals surface area contributed by atoms with Crippen molar-refractivity contribution in [2.45, 2.75) is 19.9 Å². The highest BCUT2D eigenvalue weighted by Crippen LogP contribution is 2.28. The van der Waals surface area contributed by atoms with Crippen LogP contribution in [0.4, 0.5) is 15.8 Å². The van der Waals surface area contributed by atoms with Crippen molar-refractivity contribution in [3.05, 3.63) is 91.4 Å². The van der Waals surface area contributed by atoms with Crippen LogP contribution in [0.5, 0.6) is 0 Å². The maximum atomic E-state index is 13.0. The van der Waals surface area contributed by atoms with Crippen molar-refractivity contribution in [3.8, 4) is 0 Å². The monoisotopic (exact) mass is 427 g/mol. The third-order valence-corrected chi connectivity index (χ3v) is 5.47. The minimum absolute atomic E-state index is 0.0703. The van der Waals surface area contributed by atoms with Gasteiger partial charge in [-0.05, 0) is 55.8 Å². The molecule has 0 saturated heterocycles. The molecule has 2 aromatic carbocycles. The lowest BCUT2D eigenvalue weighted by Gasteiger charge is -2.14. The molecule has 3 rings (SSSR count).